The third kappa shape index (κ3) is 7.07. The highest BCUT2D eigenvalue weighted by Crippen LogP contribution is 2.28. The molecule has 2 saturated heterocycles. The molecule has 3 amide bonds. The lowest BCUT2D eigenvalue weighted by molar-refractivity contribution is -0.131. The van der Waals surface area contributed by atoms with Crippen LogP contribution < -0.4 is 20.9 Å². The molecule has 12 heteroatoms. The van der Waals surface area contributed by atoms with Crippen molar-refractivity contribution in [2.45, 2.75) is 31.2 Å². The number of ketones is 1. The van der Waals surface area contributed by atoms with Crippen LogP contribution in [-0.4, -0.2) is 79.3 Å². The molecule has 2 aliphatic rings. The summed E-state index contributed by atoms with van der Waals surface area (Å²) in [6, 6.07) is 10.7. The molecule has 0 aliphatic carbocycles. The van der Waals surface area contributed by atoms with Gasteiger partial charge in [-0.15, -0.1) is 0 Å². The number of hydrogen-bond acceptors (Lipinski definition) is 8. The maximum Gasteiger partial charge on any atom is 0.414 e. The Hall–Kier alpha value is -3.64. The van der Waals surface area contributed by atoms with E-state index in [1.165, 1.54) is 35.2 Å². The van der Waals surface area contributed by atoms with Gasteiger partial charge < -0.3 is 25.6 Å². The number of primary amides is 1. The van der Waals surface area contributed by atoms with Crippen LogP contribution in [0.3, 0.4) is 0 Å². The minimum Gasteiger partial charge on any atom is -0.443 e. The average molecular weight is 558 g/mol. The third-order valence-corrected chi connectivity index (χ3v) is 6.97. The second-order valence-electron chi connectivity index (χ2n) is 9.57. The number of Topliss-reactive ketones (excluding diaryl/α,β-unsaturated/α-hetero) is 1. The van der Waals surface area contributed by atoms with Crippen molar-refractivity contribution in [3.8, 4) is 0 Å². The second-order valence-corrected chi connectivity index (χ2v) is 10.3. The van der Waals surface area contributed by atoms with Crippen LogP contribution in [0.4, 0.5) is 20.6 Å². The molecule has 2 aromatic carbocycles. The van der Waals surface area contributed by atoms with Gasteiger partial charge in [0.15, 0.2) is 5.78 Å². The zero-order chi connectivity index (χ0) is 28.1. The number of nitrogens with one attached hydrogen (secondary N) is 1. The van der Waals surface area contributed by atoms with Crippen molar-refractivity contribution in [3.63, 3.8) is 0 Å². The summed E-state index contributed by atoms with van der Waals surface area (Å²) in [5, 5.41) is 3.06. The van der Waals surface area contributed by atoms with Gasteiger partial charge in [0.25, 0.3) is 0 Å². The first kappa shape index (κ1) is 28.4. The number of ether oxygens (including phenoxy) is 1. The second kappa shape index (κ2) is 12.5. The zero-order valence-electron chi connectivity index (χ0n) is 21.6. The standard InChI is InChI=1S/C27H32FN5O5S/c1-17(39)30-15-21-16-33(27(37)38-21)20-6-7-23(22(28)14-20)31-10-12-32(13-11-31)25(35)9-8-24(34)18-2-4-19(5-3-18)26(29)36/h2-7,14,17,21,30,39H,8-13,15-16H2,1H3,(H2,29,36)/t17-,21-/m0/s1. The largest absolute Gasteiger partial charge is 0.443 e. The van der Waals surface area contributed by atoms with Gasteiger partial charge in [-0.2, -0.15) is 12.6 Å². The normalized spacial score (nSPS) is 18.2. The molecule has 0 aromatic heterocycles. The molecule has 2 fully saturated rings. The maximum absolute atomic E-state index is 15.1. The van der Waals surface area contributed by atoms with Crippen molar-refractivity contribution in [2.75, 3.05) is 49.1 Å². The van der Waals surface area contributed by atoms with Crippen molar-refractivity contribution in [1.82, 2.24) is 10.2 Å². The van der Waals surface area contributed by atoms with E-state index in [1.54, 1.807) is 17.0 Å². The first-order valence-corrected chi connectivity index (χ1v) is 13.3. The third-order valence-electron chi connectivity index (χ3n) is 6.79. The molecule has 208 valence electrons. The fourth-order valence-electron chi connectivity index (χ4n) is 4.60. The number of halogens is 1. The van der Waals surface area contributed by atoms with Gasteiger partial charge in [-0.3, -0.25) is 19.3 Å². The molecule has 39 heavy (non-hydrogen) atoms. The van der Waals surface area contributed by atoms with E-state index in [0.29, 0.717) is 61.8 Å². The quantitative estimate of drug-likeness (QED) is 0.233. The van der Waals surface area contributed by atoms with Crippen LogP contribution in [0, 0.1) is 5.82 Å². The van der Waals surface area contributed by atoms with Crippen LogP contribution in [0.2, 0.25) is 0 Å². The summed E-state index contributed by atoms with van der Waals surface area (Å²) < 4.78 is 20.4. The highest BCUT2D eigenvalue weighted by atomic mass is 32.1. The molecule has 0 bridgehead atoms. The van der Waals surface area contributed by atoms with Crippen LogP contribution in [0.1, 0.15) is 40.5 Å². The summed E-state index contributed by atoms with van der Waals surface area (Å²) in [5.41, 5.74) is 6.76. The molecule has 4 rings (SSSR count). The number of nitrogens with two attached hydrogens (primary N) is 1. The highest BCUT2D eigenvalue weighted by Gasteiger charge is 2.33. The van der Waals surface area contributed by atoms with Crippen molar-refractivity contribution in [3.05, 3.63) is 59.4 Å². The lowest BCUT2D eigenvalue weighted by atomic mass is 10.0. The van der Waals surface area contributed by atoms with E-state index < -0.39 is 17.8 Å². The van der Waals surface area contributed by atoms with Gasteiger partial charge in [-0.05, 0) is 37.3 Å². The summed E-state index contributed by atoms with van der Waals surface area (Å²) >= 11 is 4.25. The van der Waals surface area contributed by atoms with Gasteiger partial charge in [-0.25, -0.2) is 9.18 Å². The summed E-state index contributed by atoms with van der Waals surface area (Å²) in [5.74, 6) is -1.37. The molecule has 2 heterocycles. The summed E-state index contributed by atoms with van der Waals surface area (Å²) in [6.07, 6.45) is -0.754. The fourth-order valence-corrected chi connectivity index (χ4v) is 4.71. The molecular formula is C27H32FN5O5S. The number of amides is 3. The highest BCUT2D eigenvalue weighted by molar-refractivity contribution is 7.80. The number of hydrogen-bond donors (Lipinski definition) is 3. The first-order valence-electron chi connectivity index (χ1n) is 12.8. The fraction of sp³-hybridized carbons (Fsp3) is 0.407. The lowest BCUT2D eigenvalue weighted by Crippen LogP contribution is -2.49. The Labute approximate surface area is 231 Å². The molecule has 2 aromatic rings. The Kier molecular flexibility index (Phi) is 9.08. The number of carbonyl (C=O) groups excluding carboxylic acids is 4. The number of nitrogens with zero attached hydrogens (tertiary/aromatic N) is 3. The molecule has 2 aliphatic heterocycles. The summed E-state index contributed by atoms with van der Waals surface area (Å²) in [7, 11) is 0. The number of carbonyl (C=O) groups is 4. The number of benzene rings is 2. The van der Waals surface area contributed by atoms with Crippen LogP contribution in [0.15, 0.2) is 42.5 Å². The molecular weight excluding hydrogens is 525 g/mol. The van der Waals surface area contributed by atoms with Crippen molar-refractivity contribution < 1.29 is 28.3 Å². The lowest BCUT2D eigenvalue weighted by Gasteiger charge is -2.36. The Morgan fingerprint density at radius 2 is 1.74 bits per heavy atom. The molecule has 10 nitrogen and oxygen atoms in total. The predicted molar refractivity (Wildman–Crippen MR) is 148 cm³/mol. The monoisotopic (exact) mass is 557 g/mol. The molecule has 0 unspecified atom stereocenters. The Bertz CT molecular complexity index is 1230. The molecule has 0 saturated carbocycles. The topological polar surface area (TPSA) is 125 Å². The number of thiol groups is 1. The number of rotatable bonds is 10. The summed E-state index contributed by atoms with van der Waals surface area (Å²) in [4.78, 5) is 53.5. The van der Waals surface area contributed by atoms with Gasteiger partial charge in [0.1, 0.15) is 11.9 Å². The average Bonchev–Trinajstić information content (AvgIpc) is 3.30. The van der Waals surface area contributed by atoms with Crippen LogP contribution in [0.25, 0.3) is 0 Å². The van der Waals surface area contributed by atoms with E-state index in [0.717, 1.165) is 0 Å². The van der Waals surface area contributed by atoms with E-state index in [9.17, 15) is 19.2 Å². The van der Waals surface area contributed by atoms with E-state index in [1.807, 2.05) is 11.8 Å². The number of piperazine rings is 1. The SMILES string of the molecule is C[C@H](S)NC[C@H]1CN(c2ccc(N3CCN(C(=O)CCC(=O)c4ccc(C(N)=O)cc4)CC3)c(F)c2)C(=O)O1. The number of cyclic esters (lactones) is 1. The van der Waals surface area contributed by atoms with E-state index in [-0.39, 0.29) is 36.0 Å². The van der Waals surface area contributed by atoms with Crippen molar-refractivity contribution in [2.24, 2.45) is 5.73 Å². The molecule has 0 spiro atoms. The van der Waals surface area contributed by atoms with Crippen LogP contribution >= 0.6 is 12.6 Å². The van der Waals surface area contributed by atoms with Gasteiger partial charge in [0, 0.05) is 62.1 Å². The molecule has 2 atom stereocenters. The number of anilines is 2. The Morgan fingerprint density at radius 3 is 2.36 bits per heavy atom. The zero-order valence-corrected chi connectivity index (χ0v) is 22.5. The van der Waals surface area contributed by atoms with E-state index in [2.05, 4.69) is 17.9 Å². The van der Waals surface area contributed by atoms with E-state index in [4.69, 9.17) is 10.5 Å². The van der Waals surface area contributed by atoms with Gasteiger partial charge in [0.05, 0.1) is 17.9 Å². The van der Waals surface area contributed by atoms with Crippen LogP contribution in [0.5, 0.6) is 0 Å². The summed E-state index contributed by atoms with van der Waals surface area (Å²) in [6.45, 7) is 4.31. The molecule has 3 N–H and O–H groups in total. The van der Waals surface area contributed by atoms with Gasteiger partial charge in [0.2, 0.25) is 11.8 Å². The Morgan fingerprint density at radius 1 is 1.08 bits per heavy atom. The van der Waals surface area contributed by atoms with E-state index >= 15 is 4.39 Å². The van der Waals surface area contributed by atoms with Crippen LogP contribution in [-0.2, 0) is 9.53 Å². The van der Waals surface area contributed by atoms with Gasteiger partial charge in [-0.1, -0.05) is 12.1 Å². The maximum atomic E-state index is 15.1. The minimum atomic E-state index is -0.573. The van der Waals surface area contributed by atoms with Crippen molar-refractivity contribution in [1.29, 1.82) is 0 Å². The first-order chi connectivity index (χ1) is 18.6. The van der Waals surface area contributed by atoms with Crippen molar-refractivity contribution >= 4 is 47.7 Å². The molecule has 0 radical (unpaired) electrons. The van der Waals surface area contributed by atoms with Gasteiger partial charge >= 0.3 is 6.09 Å². The predicted octanol–water partition coefficient (Wildman–Crippen LogP) is 2.43. The smallest absolute Gasteiger partial charge is 0.414 e. The Balaban J connectivity index is 1.26. The minimum absolute atomic E-state index is 0.0403.